The van der Waals surface area contributed by atoms with Crippen LogP contribution in [0.5, 0.6) is 0 Å². The van der Waals surface area contributed by atoms with Crippen LogP contribution in [0.25, 0.3) is 11.1 Å². The topological polar surface area (TPSA) is 12.0 Å². The van der Waals surface area contributed by atoms with Crippen LogP contribution >= 0.6 is 0 Å². The van der Waals surface area contributed by atoms with Crippen molar-refractivity contribution in [2.24, 2.45) is 0 Å². The Morgan fingerprint density at radius 2 is 1.67 bits per heavy atom. The molecule has 0 saturated carbocycles. The smallest absolute Gasteiger partial charge is 0.136 e. The number of aryl methyl sites for hydroxylation is 1. The van der Waals surface area contributed by atoms with Crippen LogP contribution in [0.1, 0.15) is 25.0 Å². The molecule has 0 aliphatic rings. The normalized spacial score (nSPS) is 11.2. The average Bonchev–Trinajstić information content (AvgIpc) is 2.43. The van der Waals surface area contributed by atoms with Crippen molar-refractivity contribution in [3.63, 3.8) is 0 Å². The van der Waals surface area contributed by atoms with E-state index >= 15 is 0 Å². The molecule has 0 aliphatic heterocycles. The molecule has 2 aromatic carbocycles. The molecule has 0 saturated heterocycles. The Balaban J connectivity index is 2.46. The monoisotopic (exact) mass is 293 g/mol. The molecule has 2 aromatic rings. The molecule has 0 bridgehead atoms. The van der Waals surface area contributed by atoms with Gasteiger partial charge in [-0.1, -0.05) is 26.0 Å². The molecule has 0 amide bonds. The zero-order chi connectivity index (χ0) is 15.6. The lowest BCUT2D eigenvalue weighted by molar-refractivity contribution is 0.552. The maximum absolute atomic E-state index is 14.1. The third-order valence-electron chi connectivity index (χ3n) is 3.32. The van der Waals surface area contributed by atoms with Crippen molar-refractivity contribution in [2.75, 3.05) is 0 Å². The summed E-state index contributed by atoms with van der Waals surface area (Å²) in [6.45, 7) is 5.78. The van der Waals surface area contributed by atoms with Crippen LogP contribution < -0.4 is 5.32 Å². The second-order valence-corrected chi connectivity index (χ2v) is 5.40. The van der Waals surface area contributed by atoms with E-state index in [0.717, 1.165) is 0 Å². The summed E-state index contributed by atoms with van der Waals surface area (Å²) in [7, 11) is 0. The zero-order valence-corrected chi connectivity index (χ0v) is 12.3. The predicted octanol–water partition coefficient (Wildman–Crippen LogP) is 4.58. The molecular weight excluding hydrogens is 275 g/mol. The molecule has 21 heavy (non-hydrogen) atoms. The second-order valence-electron chi connectivity index (χ2n) is 5.40. The van der Waals surface area contributed by atoms with Gasteiger partial charge < -0.3 is 5.32 Å². The Morgan fingerprint density at radius 1 is 1.00 bits per heavy atom. The number of hydrogen-bond acceptors (Lipinski definition) is 1. The maximum Gasteiger partial charge on any atom is 0.136 e. The molecule has 0 aliphatic carbocycles. The minimum Gasteiger partial charge on any atom is -0.310 e. The number of benzene rings is 2. The Hall–Kier alpha value is -1.81. The van der Waals surface area contributed by atoms with Gasteiger partial charge in [-0.2, -0.15) is 0 Å². The average molecular weight is 293 g/mol. The summed E-state index contributed by atoms with van der Waals surface area (Å²) in [6.07, 6.45) is 0. The van der Waals surface area contributed by atoms with Gasteiger partial charge in [-0.15, -0.1) is 0 Å². The predicted molar refractivity (Wildman–Crippen MR) is 78.5 cm³/mol. The van der Waals surface area contributed by atoms with Crippen LogP contribution in [0.2, 0.25) is 0 Å². The summed E-state index contributed by atoms with van der Waals surface area (Å²) in [6, 6.07) is 6.94. The highest BCUT2D eigenvalue weighted by Crippen LogP contribution is 2.29. The Kier molecular flexibility index (Phi) is 4.68. The van der Waals surface area contributed by atoms with Crippen molar-refractivity contribution in [3.05, 3.63) is 58.9 Å². The standard InChI is InChI=1S/C17H18F3N/c1-10(2)21-9-13-8-12(5-7-14(13)18)16-15(19)6-4-11(3)17(16)20/h4-8,10,21H,9H2,1-3H3. The summed E-state index contributed by atoms with van der Waals surface area (Å²) in [4.78, 5) is 0. The van der Waals surface area contributed by atoms with Crippen LogP contribution in [0.15, 0.2) is 30.3 Å². The van der Waals surface area contributed by atoms with Crippen molar-refractivity contribution >= 4 is 0 Å². The lowest BCUT2D eigenvalue weighted by atomic mass is 9.99. The van der Waals surface area contributed by atoms with E-state index in [0.29, 0.717) is 23.2 Å². The first kappa shape index (κ1) is 15.6. The molecule has 1 nitrogen and oxygen atoms in total. The fourth-order valence-corrected chi connectivity index (χ4v) is 2.10. The van der Waals surface area contributed by atoms with Gasteiger partial charge in [-0.05, 0) is 36.2 Å². The molecule has 0 fully saturated rings. The first-order valence-corrected chi connectivity index (χ1v) is 6.87. The van der Waals surface area contributed by atoms with E-state index in [1.807, 2.05) is 13.8 Å². The van der Waals surface area contributed by atoms with Crippen molar-refractivity contribution in [3.8, 4) is 11.1 Å². The summed E-state index contributed by atoms with van der Waals surface area (Å²) in [5, 5.41) is 3.09. The number of rotatable bonds is 4. The lowest BCUT2D eigenvalue weighted by Gasteiger charge is -2.12. The number of nitrogens with one attached hydrogen (secondary N) is 1. The SMILES string of the molecule is Cc1ccc(F)c(-c2ccc(F)c(CNC(C)C)c2)c1F. The van der Waals surface area contributed by atoms with Gasteiger partial charge in [-0.3, -0.25) is 0 Å². The largest absolute Gasteiger partial charge is 0.310 e. The van der Waals surface area contributed by atoms with Gasteiger partial charge in [0.1, 0.15) is 17.5 Å². The van der Waals surface area contributed by atoms with E-state index in [1.54, 1.807) is 6.92 Å². The number of hydrogen-bond donors (Lipinski definition) is 1. The highest BCUT2D eigenvalue weighted by molar-refractivity contribution is 5.66. The Labute approximate surface area is 122 Å². The lowest BCUT2D eigenvalue weighted by Crippen LogP contribution is -2.22. The number of halogens is 3. The van der Waals surface area contributed by atoms with Gasteiger partial charge in [0.25, 0.3) is 0 Å². The Bertz CT molecular complexity index is 651. The minimum absolute atomic E-state index is 0.110. The third kappa shape index (κ3) is 3.45. The van der Waals surface area contributed by atoms with E-state index in [1.165, 1.54) is 30.3 Å². The molecule has 2 rings (SSSR count). The van der Waals surface area contributed by atoms with Crippen molar-refractivity contribution in [2.45, 2.75) is 33.4 Å². The van der Waals surface area contributed by atoms with Crippen LogP contribution in [0.4, 0.5) is 13.2 Å². The van der Waals surface area contributed by atoms with Gasteiger partial charge in [0.2, 0.25) is 0 Å². The van der Waals surface area contributed by atoms with Crippen LogP contribution in [-0.2, 0) is 6.54 Å². The van der Waals surface area contributed by atoms with E-state index in [-0.39, 0.29) is 17.4 Å². The molecular formula is C17H18F3N. The summed E-state index contributed by atoms with van der Waals surface area (Å²) < 4.78 is 41.8. The summed E-state index contributed by atoms with van der Waals surface area (Å²) in [5.74, 6) is -1.64. The molecule has 0 radical (unpaired) electrons. The van der Waals surface area contributed by atoms with E-state index in [4.69, 9.17) is 0 Å². The van der Waals surface area contributed by atoms with E-state index in [9.17, 15) is 13.2 Å². The first-order chi connectivity index (χ1) is 9.90. The van der Waals surface area contributed by atoms with E-state index in [2.05, 4.69) is 5.32 Å². The van der Waals surface area contributed by atoms with Gasteiger partial charge in [0.05, 0.1) is 5.56 Å². The van der Waals surface area contributed by atoms with Gasteiger partial charge in [0, 0.05) is 18.2 Å². The van der Waals surface area contributed by atoms with Crippen LogP contribution in [-0.4, -0.2) is 6.04 Å². The molecule has 112 valence electrons. The van der Waals surface area contributed by atoms with Crippen LogP contribution in [0, 0.1) is 24.4 Å². The van der Waals surface area contributed by atoms with Crippen molar-refractivity contribution < 1.29 is 13.2 Å². The molecule has 0 unspecified atom stereocenters. The molecule has 4 heteroatoms. The quantitative estimate of drug-likeness (QED) is 0.870. The molecule has 0 aromatic heterocycles. The molecule has 0 atom stereocenters. The van der Waals surface area contributed by atoms with Gasteiger partial charge in [0.15, 0.2) is 0 Å². The van der Waals surface area contributed by atoms with Crippen LogP contribution in [0.3, 0.4) is 0 Å². The summed E-state index contributed by atoms with van der Waals surface area (Å²) >= 11 is 0. The zero-order valence-electron chi connectivity index (χ0n) is 12.3. The minimum atomic E-state index is -0.646. The maximum atomic E-state index is 14.1. The third-order valence-corrected chi connectivity index (χ3v) is 3.32. The highest BCUT2D eigenvalue weighted by atomic mass is 19.1. The highest BCUT2D eigenvalue weighted by Gasteiger charge is 2.15. The van der Waals surface area contributed by atoms with Crippen molar-refractivity contribution in [1.29, 1.82) is 0 Å². The second kappa shape index (κ2) is 6.31. The Morgan fingerprint density at radius 3 is 2.33 bits per heavy atom. The molecule has 1 N–H and O–H groups in total. The first-order valence-electron chi connectivity index (χ1n) is 6.87. The van der Waals surface area contributed by atoms with Gasteiger partial charge >= 0.3 is 0 Å². The van der Waals surface area contributed by atoms with Crippen molar-refractivity contribution in [1.82, 2.24) is 5.32 Å². The van der Waals surface area contributed by atoms with Gasteiger partial charge in [-0.25, -0.2) is 13.2 Å². The molecule has 0 spiro atoms. The fourth-order valence-electron chi connectivity index (χ4n) is 2.10. The molecule has 0 heterocycles. The summed E-state index contributed by atoms with van der Waals surface area (Å²) in [5.41, 5.74) is 0.982. The fraction of sp³-hybridized carbons (Fsp3) is 0.294. The van der Waals surface area contributed by atoms with E-state index < -0.39 is 11.6 Å².